The molecule has 3 N–H and O–H groups in total. The zero-order chi connectivity index (χ0) is 13.0. The van der Waals surface area contributed by atoms with Crippen molar-refractivity contribution >= 4 is 22.2 Å². The molecule has 0 aliphatic heterocycles. The Kier molecular flexibility index (Phi) is 3.94. The lowest BCUT2D eigenvalue weighted by Gasteiger charge is -2.06. The van der Waals surface area contributed by atoms with Crippen LogP contribution < -0.4 is 11.1 Å². The van der Waals surface area contributed by atoms with E-state index in [2.05, 4.69) is 10.3 Å². The number of thiophene rings is 1. The van der Waals surface area contributed by atoms with E-state index in [1.54, 1.807) is 12.4 Å². The highest BCUT2D eigenvalue weighted by Gasteiger charge is 2.18. The van der Waals surface area contributed by atoms with Gasteiger partial charge in [0.2, 0.25) is 0 Å². The van der Waals surface area contributed by atoms with Gasteiger partial charge in [0.05, 0.1) is 10.6 Å². The van der Waals surface area contributed by atoms with E-state index in [4.69, 9.17) is 5.73 Å². The molecule has 0 unspecified atom stereocenters. The van der Waals surface area contributed by atoms with Crippen LogP contribution in [0, 0.1) is 0 Å². The van der Waals surface area contributed by atoms with Gasteiger partial charge in [-0.15, -0.1) is 11.3 Å². The van der Waals surface area contributed by atoms with Crippen LogP contribution in [-0.4, -0.2) is 17.4 Å². The second kappa shape index (κ2) is 5.64. The molecule has 0 atom stereocenters. The number of hydrogen-bond acceptors (Lipinski definition) is 4. The van der Waals surface area contributed by atoms with Gasteiger partial charge in [-0.1, -0.05) is 13.0 Å². The maximum Gasteiger partial charge on any atom is 0.254 e. The van der Waals surface area contributed by atoms with Gasteiger partial charge in [0.25, 0.3) is 5.91 Å². The molecule has 0 saturated carbocycles. The first-order chi connectivity index (χ1) is 8.74. The van der Waals surface area contributed by atoms with Gasteiger partial charge in [-0.05, 0) is 12.5 Å². The summed E-state index contributed by atoms with van der Waals surface area (Å²) in [4.78, 5) is 16.1. The molecular formula is C13H15N3OS. The van der Waals surface area contributed by atoms with Crippen molar-refractivity contribution in [3.8, 4) is 11.1 Å². The molecule has 0 spiro atoms. The zero-order valence-electron chi connectivity index (χ0n) is 10.1. The van der Waals surface area contributed by atoms with Gasteiger partial charge in [-0.3, -0.25) is 9.78 Å². The molecule has 0 aliphatic rings. The fraction of sp³-hybridized carbons (Fsp3) is 0.231. The lowest BCUT2D eigenvalue weighted by molar-refractivity contribution is 0.0955. The van der Waals surface area contributed by atoms with Gasteiger partial charge in [0, 0.05) is 35.4 Å². The molecule has 0 aromatic carbocycles. The number of hydrogen-bond donors (Lipinski definition) is 2. The van der Waals surface area contributed by atoms with E-state index in [1.165, 1.54) is 11.3 Å². The Morgan fingerprint density at radius 3 is 3.06 bits per heavy atom. The third-order valence-corrected chi connectivity index (χ3v) is 3.37. The standard InChI is InChI=1S/C13H15N3OS/c1-2-5-16-13(17)11-10(8-18-12(11)14)9-4-3-6-15-7-9/h3-4,6-8H,2,5,14H2,1H3,(H,16,17). The van der Waals surface area contributed by atoms with Crippen molar-refractivity contribution in [2.45, 2.75) is 13.3 Å². The lowest BCUT2D eigenvalue weighted by Crippen LogP contribution is -2.24. The fourth-order valence-electron chi connectivity index (χ4n) is 1.67. The smallest absolute Gasteiger partial charge is 0.254 e. The largest absolute Gasteiger partial charge is 0.390 e. The minimum atomic E-state index is -0.116. The molecule has 0 bridgehead atoms. The van der Waals surface area contributed by atoms with Crippen LogP contribution in [0.15, 0.2) is 29.9 Å². The van der Waals surface area contributed by atoms with Crippen LogP contribution in [0.3, 0.4) is 0 Å². The Morgan fingerprint density at radius 1 is 1.56 bits per heavy atom. The van der Waals surface area contributed by atoms with Crippen molar-refractivity contribution < 1.29 is 4.79 Å². The third kappa shape index (κ3) is 2.51. The van der Waals surface area contributed by atoms with Crippen molar-refractivity contribution in [1.82, 2.24) is 10.3 Å². The van der Waals surface area contributed by atoms with Gasteiger partial charge >= 0.3 is 0 Å². The Bertz CT molecular complexity index is 536. The number of nitrogens with zero attached hydrogens (tertiary/aromatic N) is 1. The number of rotatable bonds is 4. The van der Waals surface area contributed by atoms with E-state index in [9.17, 15) is 4.79 Å². The number of nitrogens with two attached hydrogens (primary N) is 1. The molecule has 0 aliphatic carbocycles. The molecular weight excluding hydrogens is 246 g/mol. The van der Waals surface area contributed by atoms with Gasteiger partial charge < -0.3 is 11.1 Å². The van der Waals surface area contributed by atoms with Crippen LogP contribution in [0.1, 0.15) is 23.7 Å². The molecule has 1 amide bonds. The average Bonchev–Trinajstić information content (AvgIpc) is 2.79. The first-order valence-electron chi connectivity index (χ1n) is 5.79. The molecule has 18 heavy (non-hydrogen) atoms. The van der Waals surface area contributed by atoms with Crippen LogP contribution in [0.25, 0.3) is 11.1 Å². The van der Waals surface area contributed by atoms with Crippen molar-refractivity contribution in [2.75, 3.05) is 12.3 Å². The average molecular weight is 261 g/mol. The molecule has 0 radical (unpaired) electrons. The molecule has 4 nitrogen and oxygen atoms in total. The SMILES string of the molecule is CCCNC(=O)c1c(-c2cccnc2)csc1N. The van der Waals surface area contributed by atoms with Gasteiger partial charge in [0.1, 0.15) is 0 Å². The Hall–Kier alpha value is -1.88. The minimum Gasteiger partial charge on any atom is -0.390 e. The van der Waals surface area contributed by atoms with E-state index in [-0.39, 0.29) is 5.91 Å². The number of nitrogen functional groups attached to an aromatic ring is 1. The van der Waals surface area contributed by atoms with E-state index < -0.39 is 0 Å². The van der Waals surface area contributed by atoms with Crippen molar-refractivity contribution in [2.24, 2.45) is 0 Å². The second-order valence-corrected chi connectivity index (χ2v) is 4.80. The van der Waals surface area contributed by atoms with Crippen LogP contribution in [-0.2, 0) is 0 Å². The maximum atomic E-state index is 12.1. The number of carbonyl (C=O) groups excluding carboxylic acids is 1. The summed E-state index contributed by atoms with van der Waals surface area (Å²) < 4.78 is 0. The topological polar surface area (TPSA) is 68.0 Å². The summed E-state index contributed by atoms with van der Waals surface area (Å²) >= 11 is 1.38. The predicted octanol–water partition coefficient (Wildman–Crippen LogP) is 2.53. The van der Waals surface area contributed by atoms with Gasteiger partial charge in [0.15, 0.2) is 0 Å². The normalized spacial score (nSPS) is 10.3. The number of anilines is 1. The Morgan fingerprint density at radius 2 is 2.39 bits per heavy atom. The first-order valence-corrected chi connectivity index (χ1v) is 6.67. The van der Waals surface area contributed by atoms with E-state index in [1.807, 2.05) is 24.4 Å². The van der Waals surface area contributed by atoms with E-state index in [0.29, 0.717) is 17.1 Å². The molecule has 2 aromatic rings. The maximum absolute atomic E-state index is 12.1. The highest BCUT2D eigenvalue weighted by Crippen LogP contribution is 2.32. The Balaban J connectivity index is 2.36. The third-order valence-electron chi connectivity index (χ3n) is 2.55. The molecule has 94 valence electrons. The first kappa shape index (κ1) is 12.6. The second-order valence-electron chi connectivity index (χ2n) is 3.89. The summed E-state index contributed by atoms with van der Waals surface area (Å²) in [5.41, 5.74) is 8.20. The van der Waals surface area contributed by atoms with Crippen LogP contribution >= 0.6 is 11.3 Å². The molecule has 2 rings (SSSR count). The summed E-state index contributed by atoms with van der Waals surface area (Å²) in [6.45, 7) is 2.67. The summed E-state index contributed by atoms with van der Waals surface area (Å²) in [6.07, 6.45) is 4.34. The van der Waals surface area contributed by atoms with Crippen molar-refractivity contribution in [1.29, 1.82) is 0 Å². The fourth-order valence-corrected chi connectivity index (χ4v) is 2.49. The van der Waals surface area contributed by atoms with Crippen LogP contribution in [0.2, 0.25) is 0 Å². The van der Waals surface area contributed by atoms with Crippen molar-refractivity contribution in [3.05, 3.63) is 35.5 Å². The molecule has 5 heteroatoms. The molecule has 0 fully saturated rings. The van der Waals surface area contributed by atoms with Gasteiger partial charge in [-0.2, -0.15) is 0 Å². The highest BCUT2D eigenvalue weighted by atomic mass is 32.1. The number of amides is 1. The number of pyridine rings is 1. The van der Waals surface area contributed by atoms with Crippen molar-refractivity contribution in [3.63, 3.8) is 0 Å². The number of carbonyl (C=O) groups is 1. The number of nitrogens with one attached hydrogen (secondary N) is 1. The quantitative estimate of drug-likeness (QED) is 0.888. The predicted molar refractivity (Wildman–Crippen MR) is 74.6 cm³/mol. The summed E-state index contributed by atoms with van der Waals surface area (Å²) in [5, 5.41) is 5.29. The van der Waals surface area contributed by atoms with E-state index in [0.717, 1.165) is 17.5 Å². The monoisotopic (exact) mass is 261 g/mol. The summed E-state index contributed by atoms with van der Waals surface area (Å²) in [6, 6.07) is 3.77. The summed E-state index contributed by atoms with van der Waals surface area (Å²) in [5.74, 6) is -0.116. The molecule has 0 saturated heterocycles. The van der Waals surface area contributed by atoms with Gasteiger partial charge in [-0.25, -0.2) is 0 Å². The Labute approximate surface area is 110 Å². The number of aromatic nitrogens is 1. The lowest BCUT2D eigenvalue weighted by atomic mass is 10.1. The van der Waals surface area contributed by atoms with E-state index >= 15 is 0 Å². The summed E-state index contributed by atoms with van der Waals surface area (Å²) in [7, 11) is 0. The molecule has 2 aromatic heterocycles. The molecule has 2 heterocycles. The van der Waals surface area contributed by atoms with Crippen LogP contribution in [0.4, 0.5) is 5.00 Å². The highest BCUT2D eigenvalue weighted by molar-refractivity contribution is 7.15. The minimum absolute atomic E-state index is 0.116. The van der Waals surface area contributed by atoms with Crippen LogP contribution in [0.5, 0.6) is 0 Å². The zero-order valence-corrected chi connectivity index (χ0v) is 11.0.